The molecule has 4 rings (SSSR count). The zero-order valence-corrected chi connectivity index (χ0v) is 18.7. The first-order chi connectivity index (χ1) is 15.2. The first kappa shape index (κ1) is 21.9. The van der Waals surface area contributed by atoms with Crippen LogP contribution in [0.1, 0.15) is 44.7 Å². The Balaban J connectivity index is 1.41. The molecule has 168 valence electrons. The van der Waals surface area contributed by atoms with Gasteiger partial charge in [-0.05, 0) is 57.9 Å². The first-order valence-electron chi connectivity index (χ1n) is 10.9. The number of carbonyl (C=O) groups is 1. The molecular formula is C25H28FN3O3. The molecule has 32 heavy (non-hydrogen) atoms. The summed E-state index contributed by atoms with van der Waals surface area (Å²) in [5.41, 5.74) is 1.20. The van der Waals surface area contributed by atoms with E-state index >= 15 is 0 Å². The third-order valence-corrected chi connectivity index (χ3v) is 5.85. The minimum atomic E-state index is -0.506. The van der Waals surface area contributed by atoms with Crippen molar-refractivity contribution in [2.75, 3.05) is 18.0 Å². The molecule has 2 aromatic carbocycles. The molecule has 7 heteroatoms. The fourth-order valence-electron chi connectivity index (χ4n) is 4.39. The van der Waals surface area contributed by atoms with Gasteiger partial charge in [0.25, 0.3) is 0 Å². The van der Waals surface area contributed by atoms with Gasteiger partial charge in [0.2, 0.25) is 0 Å². The molecule has 0 saturated carbocycles. The molecule has 0 unspecified atom stereocenters. The Labute approximate surface area is 188 Å². The Kier molecular flexibility index (Phi) is 5.96. The van der Waals surface area contributed by atoms with Crippen molar-refractivity contribution in [1.82, 2.24) is 4.90 Å². The summed E-state index contributed by atoms with van der Waals surface area (Å²) in [6, 6.07) is 14.3. The Morgan fingerprint density at radius 2 is 1.88 bits per heavy atom. The molecule has 0 spiro atoms. The molecule has 2 fully saturated rings. The van der Waals surface area contributed by atoms with Crippen LogP contribution in [0.2, 0.25) is 0 Å². The van der Waals surface area contributed by atoms with Gasteiger partial charge >= 0.3 is 6.09 Å². The number of hydrogen-bond acceptors (Lipinski definition) is 5. The van der Waals surface area contributed by atoms with Crippen LogP contribution in [0.25, 0.3) is 0 Å². The number of carbonyl (C=O) groups excluding carboxylic acids is 1. The summed E-state index contributed by atoms with van der Waals surface area (Å²) in [6.45, 7) is 7.22. The number of nitrogens with zero attached hydrogens (tertiary/aromatic N) is 3. The number of rotatable bonds is 4. The quantitative estimate of drug-likeness (QED) is 0.683. The van der Waals surface area contributed by atoms with Crippen molar-refractivity contribution in [3.05, 3.63) is 59.4 Å². The molecule has 0 aliphatic carbocycles. The Morgan fingerprint density at radius 1 is 1.16 bits per heavy atom. The summed E-state index contributed by atoms with van der Waals surface area (Å²) in [6.07, 6.45) is 1.70. The van der Waals surface area contributed by atoms with Crippen molar-refractivity contribution in [3.8, 4) is 11.8 Å². The Hall–Kier alpha value is -3.27. The molecule has 0 aromatic heterocycles. The number of ether oxygens (including phenoxy) is 2. The van der Waals surface area contributed by atoms with E-state index in [1.807, 2.05) is 56.0 Å². The molecule has 2 aromatic rings. The lowest BCUT2D eigenvalue weighted by Gasteiger charge is -2.42. The largest absolute Gasteiger partial charge is 0.489 e. The van der Waals surface area contributed by atoms with E-state index in [9.17, 15) is 9.18 Å². The van der Waals surface area contributed by atoms with Gasteiger partial charge in [-0.1, -0.05) is 12.1 Å². The number of halogens is 1. The highest BCUT2D eigenvalue weighted by Crippen LogP contribution is 2.34. The van der Waals surface area contributed by atoms with Gasteiger partial charge in [-0.3, -0.25) is 4.90 Å². The molecule has 2 bridgehead atoms. The van der Waals surface area contributed by atoms with Crippen LogP contribution in [-0.4, -0.2) is 41.8 Å². The maximum atomic E-state index is 14.1. The van der Waals surface area contributed by atoms with E-state index in [4.69, 9.17) is 14.7 Å². The van der Waals surface area contributed by atoms with Gasteiger partial charge < -0.3 is 14.4 Å². The van der Waals surface area contributed by atoms with Crippen molar-refractivity contribution in [1.29, 1.82) is 5.26 Å². The fraction of sp³-hybridized carbons (Fsp3) is 0.440. The van der Waals surface area contributed by atoms with Crippen LogP contribution >= 0.6 is 0 Å². The van der Waals surface area contributed by atoms with Gasteiger partial charge in [-0.15, -0.1) is 0 Å². The minimum Gasteiger partial charge on any atom is -0.489 e. The highest BCUT2D eigenvalue weighted by molar-refractivity contribution is 5.70. The van der Waals surface area contributed by atoms with E-state index in [2.05, 4.69) is 4.90 Å². The Bertz CT molecular complexity index is 1030. The molecule has 1 amide bonds. The van der Waals surface area contributed by atoms with Gasteiger partial charge in [-0.2, -0.15) is 5.26 Å². The van der Waals surface area contributed by atoms with E-state index in [1.54, 1.807) is 12.1 Å². The lowest BCUT2D eigenvalue weighted by molar-refractivity contribution is 0.0123. The molecular weight excluding hydrogens is 409 g/mol. The van der Waals surface area contributed by atoms with E-state index < -0.39 is 11.4 Å². The zero-order chi connectivity index (χ0) is 22.9. The van der Waals surface area contributed by atoms with Gasteiger partial charge in [0.15, 0.2) is 0 Å². The average molecular weight is 438 g/mol. The van der Waals surface area contributed by atoms with Crippen LogP contribution < -0.4 is 9.64 Å². The number of amides is 1. The van der Waals surface area contributed by atoms with Crippen LogP contribution in [0.4, 0.5) is 14.9 Å². The summed E-state index contributed by atoms with van der Waals surface area (Å²) >= 11 is 0. The number of anilines is 1. The highest BCUT2D eigenvalue weighted by Gasteiger charge is 2.44. The number of fused-ring (bicyclic) bond motifs is 2. The molecule has 2 aliphatic rings. The maximum absolute atomic E-state index is 14.1. The van der Waals surface area contributed by atoms with Crippen LogP contribution in [-0.2, 0) is 11.3 Å². The first-order valence-corrected chi connectivity index (χ1v) is 10.9. The lowest BCUT2D eigenvalue weighted by atomic mass is 10.1. The second-order valence-electron chi connectivity index (χ2n) is 9.38. The Morgan fingerprint density at radius 3 is 2.50 bits per heavy atom. The van der Waals surface area contributed by atoms with Crippen molar-refractivity contribution >= 4 is 11.8 Å². The second kappa shape index (κ2) is 8.70. The van der Waals surface area contributed by atoms with Gasteiger partial charge in [0, 0.05) is 30.4 Å². The predicted octanol–water partition coefficient (Wildman–Crippen LogP) is 4.86. The second-order valence-corrected chi connectivity index (χ2v) is 9.38. The van der Waals surface area contributed by atoms with Crippen molar-refractivity contribution in [3.63, 3.8) is 0 Å². The van der Waals surface area contributed by atoms with Crippen LogP contribution in [0.15, 0.2) is 42.5 Å². The topological polar surface area (TPSA) is 65.8 Å². The van der Waals surface area contributed by atoms with E-state index in [0.717, 1.165) is 31.6 Å². The summed E-state index contributed by atoms with van der Waals surface area (Å²) < 4.78 is 25.6. The predicted molar refractivity (Wildman–Crippen MR) is 119 cm³/mol. The van der Waals surface area contributed by atoms with Crippen molar-refractivity contribution < 1.29 is 18.7 Å². The van der Waals surface area contributed by atoms with Crippen molar-refractivity contribution in [2.24, 2.45) is 0 Å². The number of benzene rings is 2. The molecule has 6 nitrogen and oxygen atoms in total. The molecule has 2 saturated heterocycles. The van der Waals surface area contributed by atoms with Gasteiger partial charge in [-0.25, -0.2) is 9.18 Å². The van der Waals surface area contributed by atoms with Gasteiger partial charge in [0.05, 0.1) is 23.7 Å². The molecule has 0 N–H and O–H groups in total. The normalized spacial score (nSPS) is 20.1. The van der Waals surface area contributed by atoms with Gasteiger partial charge in [0.1, 0.15) is 23.8 Å². The van der Waals surface area contributed by atoms with Crippen molar-refractivity contribution in [2.45, 2.75) is 57.9 Å². The summed E-state index contributed by atoms with van der Waals surface area (Å²) in [7, 11) is 0. The van der Waals surface area contributed by atoms with E-state index in [1.165, 1.54) is 6.07 Å². The summed E-state index contributed by atoms with van der Waals surface area (Å²) in [4.78, 5) is 16.9. The summed E-state index contributed by atoms with van der Waals surface area (Å²) in [5, 5.41) is 8.87. The zero-order valence-electron chi connectivity index (χ0n) is 18.7. The number of nitriles is 1. The average Bonchev–Trinajstić information content (AvgIpc) is 3.01. The fourth-order valence-corrected chi connectivity index (χ4v) is 4.39. The van der Waals surface area contributed by atoms with E-state index in [-0.39, 0.29) is 30.3 Å². The molecule has 2 aliphatic heterocycles. The lowest BCUT2D eigenvalue weighted by Crippen LogP contribution is -2.56. The third-order valence-electron chi connectivity index (χ3n) is 5.85. The highest BCUT2D eigenvalue weighted by atomic mass is 19.1. The maximum Gasteiger partial charge on any atom is 0.410 e. The molecule has 0 radical (unpaired) electrons. The minimum absolute atomic E-state index is 0.0820. The number of piperazine rings is 1. The smallest absolute Gasteiger partial charge is 0.410 e. The monoisotopic (exact) mass is 437 g/mol. The molecule has 2 atom stereocenters. The third kappa shape index (κ3) is 4.80. The standard InChI is InChI=1S/C25H28FN3O3/c1-25(2,3)32-24(30)29-20-9-10-21(29)15-28(14-20)19-5-4-6-22(12-19)31-16-18-8-7-17(13-27)11-23(18)26/h4-8,11-12,20-21H,9-10,14-16H2,1-3H3/t20-,21+. The van der Waals surface area contributed by atoms with E-state index in [0.29, 0.717) is 11.3 Å². The van der Waals surface area contributed by atoms with Crippen LogP contribution in [0.3, 0.4) is 0 Å². The van der Waals surface area contributed by atoms with Crippen LogP contribution in [0, 0.1) is 17.1 Å². The SMILES string of the molecule is CC(C)(C)OC(=O)N1[C@@H]2CC[C@H]1CN(c1cccc(OCc3ccc(C#N)cc3F)c1)C2. The van der Waals surface area contributed by atoms with Crippen LogP contribution in [0.5, 0.6) is 5.75 Å². The summed E-state index contributed by atoms with van der Waals surface area (Å²) in [5.74, 6) is 0.197. The number of hydrogen-bond donors (Lipinski definition) is 0. The molecule has 2 heterocycles.